The van der Waals surface area contributed by atoms with Crippen LogP contribution < -0.4 is 5.73 Å². The fourth-order valence-electron chi connectivity index (χ4n) is 2.99. The minimum Gasteiger partial charge on any atom is -0.373 e. The van der Waals surface area contributed by atoms with E-state index < -0.39 is 0 Å². The van der Waals surface area contributed by atoms with Gasteiger partial charge in [0.2, 0.25) is 0 Å². The molecule has 0 aromatic heterocycles. The fraction of sp³-hybridized carbons (Fsp3) is 1.00. The first-order chi connectivity index (χ1) is 7.29. The Morgan fingerprint density at radius 1 is 1.27 bits per heavy atom. The molecule has 2 rings (SSSR count). The number of hydrogen-bond acceptors (Lipinski definition) is 3. The van der Waals surface area contributed by atoms with Gasteiger partial charge in [-0.3, -0.25) is 4.90 Å². The van der Waals surface area contributed by atoms with Gasteiger partial charge >= 0.3 is 0 Å². The SMILES string of the molecule is CC1CN(C2CCCC2)CC(CCN)O1. The van der Waals surface area contributed by atoms with Crippen LogP contribution in [-0.4, -0.2) is 42.8 Å². The van der Waals surface area contributed by atoms with Crippen molar-refractivity contribution in [3.05, 3.63) is 0 Å². The van der Waals surface area contributed by atoms with E-state index in [2.05, 4.69) is 11.8 Å². The zero-order valence-corrected chi connectivity index (χ0v) is 9.82. The Labute approximate surface area is 93.0 Å². The van der Waals surface area contributed by atoms with Crippen LogP contribution in [0.3, 0.4) is 0 Å². The van der Waals surface area contributed by atoms with Crippen molar-refractivity contribution in [2.24, 2.45) is 5.73 Å². The molecular weight excluding hydrogens is 188 g/mol. The van der Waals surface area contributed by atoms with Crippen LogP contribution in [0.5, 0.6) is 0 Å². The van der Waals surface area contributed by atoms with Crippen molar-refractivity contribution in [1.29, 1.82) is 0 Å². The van der Waals surface area contributed by atoms with Gasteiger partial charge < -0.3 is 10.5 Å². The van der Waals surface area contributed by atoms with Crippen LogP contribution in [-0.2, 0) is 4.74 Å². The predicted octanol–water partition coefficient (Wildman–Crippen LogP) is 1.37. The second-order valence-corrected chi connectivity index (χ2v) is 5.04. The molecule has 2 fully saturated rings. The summed E-state index contributed by atoms with van der Waals surface area (Å²) in [6.45, 7) is 5.15. The number of hydrogen-bond donors (Lipinski definition) is 1. The van der Waals surface area contributed by atoms with Crippen molar-refractivity contribution in [2.75, 3.05) is 19.6 Å². The maximum atomic E-state index is 5.89. The summed E-state index contributed by atoms with van der Waals surface area (Å²) in [5.74, 6) is 0. The molecule has 0 aromatic carbocycles. The minimum absolute atomic E-state index is 0.374. The van der Waals surface area contributed by atoms with E-state index in [0.29, 0.717) is 12.2 Å². The molecule has 88 valence electrons. The summed E-state index contributed by atoms with van der Waals surface area (Å²) in [7, 11) is 0. The summed E-state index contributed by atoms with van der Waals surface area (Å²) < 4.78 is 5.89. The van der Waals surface area contributed by atoms with Gasteiger partial charge in [0, 0.05) is 19.1 Å². The molecule has 0 aromatic rings. The van der Waals surface area contributed by atoms with E-state index in [1.807, 2.05) is 0 Å². The Bertz CT molecular complexity index is 192. The van der Waals surface area contributed by atoms with Crippen molar-refractivity contribution >= 4 is 0 Å². The molecule has 1 aliphatic carbocycles. The monoisotopic (exact) mass is 212 g/mol. The highest BCUT2D eigenvalue weighted by Crippen LogP contribution is 2.26. The summed E-state index contributed by atoms with van der Waals surface area (Å²) in [6, 6.07) is 0.830. The molecule has 2 aliphatic rings. The molecule has 3 heteroatoms. The van der Waals surface area contributed by atoms with E-state index in [9.17, 15) is 0 Å². The Morgan fingerprint density at radius 2 is 2.00 bits per heavy atom. The quantitative estimate of drug-likeness (QED) is 0.768. The summed E-state index contributed by atoms with van der Waals surface area (Å²) in [5.41, 5.74) is 5.61. The number of rotatable bonds is 3. The maximum absolute atomic E-state index is 5.89. The van der Waals surface area contributed by atoms with Crippen LogP contribution in [0, 0.1) is 0 Å². The number of nitrogens with zero attached hydrogens (tertiary/aromatic N) is 1. The van der Waals surface area contributed by atoms with Crippen molar-refractivity contribution in [1.82, 2.24) is 4.90 Å². The van der Waals surface area contributed by atoms with Gasteiger partial charge in [0.05, 0.1) is 12.2 Å². The molecular formula is C12H24N2O. The van der Waals surface area contributed by atoms with Gasteiger partial charge in [-0.05, 0) is 32.7 Å². The normalized spacial score (nSPS) is 34.8. The second-order valence-electron chi connectivity index (χ2n) is 5.04. The molecule has 2 atom stereocenters. The molecule has 2 unspecified atom stereocenters. The zero-order chi connectivity index (χ0) is 10.7. The van der Waals surface area contributed by atoms with E-state index in [0.717, 1.165) is 32.1 Å². The third kappa shape index (κ3) is 2.92. The van der Waals surface area contributed by atoms with Gasteiger partial charge in [0.15, 0.2) is 0 Å². The molecule has 1 saturated heterocycles. The highest BCUT2D eigenvalue weighted by Gasteiger charge is 2.30. The lowest BCUT2D eigenvalue weighted by Gasteiger charge is -2.40. The lowest BCUT2D eigenvalue weighted by atomic mass is 10.1. The fourth-order valence-corrected chi connectivity index (χ4v) is 2.99. The molecule has 0 bridgehead atoms. The molecule has 15 heavy (non-hydrogen) atoms. The molecule has 1 saturated carbocycles. The molecule has 2 N–H and O–H groups in total. The molecule has 1 aliphatic heterocycles. The topological polar surface area (TPSA) is 38.5 Å². The number of morpholine rings is 1. The third-order valence-electron chi connectivity index (χ3n) is 3.68. The first kappa shape index (κ1) is 11.4. The standard InChI is InChI=1S/C12H24N2O/c1-10-8-14(11-4-2-3-5-11)9-12(15-10)6-7-13/h10-12H,2-9,13H2,1H3. The van der Waals surface area contributed by atoms with Gasteiger partial charge in [0.1, 0.15) is 0 Å². The van der Waals surface area contributed by atoms with Crippen molar-refractivity contribution in [3.63, 3.8) is 0 Å². The van der Waals surface area contributed by atoms with E-state index >= 15 is 0 Å². The van der Waals surface area contributed by atoms with Crippen LogP contribution in [0.25, 0.3) is 0 Å². The Kier molecular flexibility index (Phi) is 4.00. The van der Waals surface area contributed by atoms with E-state index in [1.54, 1.807) is 0 Å². The van der Waals surface area contributed by atoms with E-state index in [4.69, 9.17) is 10.5 Å². The molecule has 0 spiro atoms. The minimum atomic E-state index is 0.374. The zero-order valence-electron chi connectivity index (χ0n) is 9.82. The lowest BCUT2D eigenvalue weighted by molar-refractivity contribution is -0.0893. The van der Waals surface area contributed by atoms with E-state index in [1.165, 1.54) is 25.7 Å². The Morgan fingerprint density at radius 3 is 2.67 bits per heavy atom. The van der Waals surface area contributed by atoms with Crippen molar-refractivity contribution in [2.45, 2.75) is 57.3 Å². The van der Waals surface area contributed by atoms with Crippen LogP contribution in [0.15, 0.2) is 0 Å². The van der Waals surface area contributed by atoms with Gasteiger partial charge in [-0.2, -0.15) is 0 Å². The molecule has 3 nitrogen and oxygen atoms in total. The van der Waals surface area contributed by atoms with Crippen LogP contribution in [0.4, 0.5) is 0 Å². The highest BCUT2D eigenvalue weighted by molar-refractivity contribution is 4.84. The lowest BCUT2D eigenvalue weighted by Crippen LogP contribution is -2.50. The van der Waals surface area contributed by atoms with E-state index in [-0.39, 0.29) is 0 Å². The highest BCUT2D eigenvalue weighted by atomic mass is 16.5. The largest absolute Gasteiger partial charge is 0.373 e. The molecule has 0 amide bonds. The average molecular weight is 212 g/mol. The first-order valence-corrected chi connectivity index (χ1v) is 6.39. The van der Waals surface area contributed by atoms with Gasteiger partial charge in [0.25, 0.3) is 0 Å². The first-order valence-electron chi connectivity index (χ1n) is 6.39. The van der Waals surface area contributed by atoms with Crippen LogP contribution in [0.2, 0.25) is 0 Å². The summed E-state index contributed by atoms with van der Waals surface area (Å²) >= 11 is 0. The predicted molar refractivity (Wildman–Crippen MR) is 61.8 cm³/mol. The summed E-state index contributed by atoms with van der Waals surface area (Å²) in [6.07, 6.45) is 7.38. The van der Waals surface area contributed by atoms with Crippen LogP contribution >= 0.6 is 0 Å². The van der Waals surface area contributed by atoms with Gasteiger partial charge in [-0.1, -0.05) is 12.8 Å². The van der Waals surface area contributed by atoms with Crippen molar-refractivity contribution in [3.8, 4) is 0 Å². The summed E-state index contributed by atoms with van der Waals surface area (Å²) in [5, 5.41) is 0. The van der Waals surface area contributed by atoms with Gasteiger partial charge in [-0.25, -0.2) is 0 Å². The molecule has 0 radical (unpaired) electrons. The Hall–Kier alpha value is -0.120. The van der Waals surface area contributed by atoms with Crippen molar-refractivity contribution < 1.29 is 4.74 Å². The third-order valence-corrected chi connectivity index (χ3v) is 3.68. The van der Waals surface area contributed by atoms with Gasteiger partial charge in [-0.15, -0.1) is 0 Å². The smallest absolute Gasteiger partial charge is 0.0718 e. The second kappa shape index (κ2) is 5.28. The Balaban J connectivity index is 1.87. The number of ether oxygens (including phenoxy) is 1. The average Bonchev–Trinajstić information content (AvgIpc) is 2.70. The summed E-state index contributed by atoms with van der Waals surface area (Å²) in [4.78, 5) is 2.64. The maximum Gasteiger partial charge on any atom is 0.0718 e. The molecule has 1 heterocycles. The van der Waals surface area contributed by atoms with Crippen LogP contribution in [0.1, 0.15) is 39.0 Å². The number of nitrogens with two attached hydrogens (primary N) is 1.